The van der Waals surface area contributed by atoms with Crippen molar-refractivity contribution in [1.82, 2.24) is 5.32 Å². The number of rotatable bonds is 7. The highest BCUT2D eigenvalue weighted by molar-refractivity contribution is 6.07. The lowest BCUT2D eigenvalue weighted by molar-refractivity contribution is -0.384. The van der Waals surface area contributed by atoms with Gasteiger partial charge in [-0.2, -0.15) is 0 Å². The first-order valence-electron chi connectivity index (χ1n) is 8.66. The molecular weight excluding hydrogens is 360 g/mol. The van der Waals surface area contributed by atoms with Gasteiger partial charge in [0.25, 0.3) is 5.69 Å². The van der Waals surface area contributed by atoms with E-state index in [-0.39, 0.29) is 23.5 Å². The molecule has 0 spiro atoms. The van der Waals surface area contributed by atoms with Gasteiger partial charge in [0.05, 0.1) is 4.92 Å². The molecule has 0 saturated carbocycles. The molecule has 0 aromatic heterocycles. The van der Waals surface area contributed by atoms with Gasteiger partial charge in [-0.3, -0.25) is 14.9 Å². The zero-order valence-electron chi connectivity index (χ0n) is 15.9. The Kier molecular flexibility index (Phi) is 6.86. The van der Waals surface area contributed by atoms with Crippen molar-refractivity contribution in [3.63, 3.8) is 0 Å². The van der Waals surface area contributed by atoms with Crippen LogP contribution in [-0.2, 0) is 0 Å². The standard InChI is InChI=1S/C20H22N4O4/c1-13(2)22-20(26)23-16-8-6-15(7-9-16)19(25)11-5-14-4-10-17(21-3)18(12-14)24(27)28/h4-13,21H,1-3H3,(H2,22,23,26)/b11-5-. The van der Waals surface area contributed by atoms with Gasteiger partial charge in [0, 0.05) is 30.4 Å². The number of urea groups is 1. The summed E-state index contributed by atoms with van der Waals surface area (Å²) in [5.74, 6) is -0.251. The molecule has 0 aliphatic rings. The molecule has 0 aliphatic carbocycles. The molecule has 0 radical (unpaired) electrons. The summed E-state index contributed by atoms with van der Waals surface area (Å²) >= 11 is 0. The lowest BCUT2D eigenvalue weighted by Gasteiger charge is -2.10. The van der Waals surface area contributed by atoms with Crippen LogP contribution in [0.15, 0.2) is 48.5 Å². The number of hydrogen-bond acceptors (Lipinski definition) is 5. The molecule has 2 amide bonds. The van der Waals surface area contributed by atoms with E-state index in [2.05, 4.69) is 16.0 Å². The third-order valence-corrected chi connectivity index (χ3v) is 3.76. The van der Waals surface area contributed by atoms with Crippen molar-refractivity contribution in [3.8, 4) is 0 Å². The quantitative estimate of drug-likeness (QED) is 0.289. The van der Waals surface area contributed by atoms with Gasteiger partial charge < -0.3 is 16.0 Å². The maximum Gasteiger partial charge on any atom is 0.319 e. The van der Waals surface area contributed by atoms with E-state index >= 15 is 0 Å². The van der Waals surface area contributed by atoms with Crippen LogP contribution >= 0.6 is 0 Å². The van der Waals surface area contributed by atoms with Gasteiger partial charge in [-0.15, -0.1) is 0 Å². The highest BCUT2D eigenvalue weighted by atomic mass is 16.6. The van der Waals surface area contributed by atoms with Crippen molar-refractivity contribution in [3.05, 3.63) is 69.8 Å². The number of nitro groups is 1. The number of benzene rings is 2. The van der Waals surface area contributed by atoms with E-state index in [1.165, 1.54) is 18.2 Å². The molecule has 0 fully saturated rings. The molecule has 2 aromatic rings. The summed E-state index contributed by atoms with van der Waals surface area (Å²) < 4.78 is 0. The fourth-order valence-corrected chi connectivity index (χ4v) is 2.43. The van der Waals surface area contributed by atoms with Crippen molar-refractivity contribution in [2.24, 2.45) is 0 Å². The zero-order chi connectivity index (χ0) is 20.7. The number of carbonyl (C=O) groups is 2. The average molecular weight is 382 g/mol. The second kappa shape index (κ2) is 9.31. The lowest BCUT2D eigenvalue weighted by Crippen LogP contribution is -2.34. The molecule has 146 valence electrons. The number of hydrogen-bond donors (Lipinski definition) is 3. The predicted octanol–water partition coefficient (Wildman–Crippen LogP) is 4.06. The minimum atomic E-state index is -0.480. The first kappa shape index (κ1) is 20.6. The first-order valence-corrected chi connectivity index (χ1v) is 8.66. The van der Waals surface area contributed by atoms with Gasteiger partial charge >= 0.3 is 6.03 Å². The highest BCUT2D eigenvalue weighted by Crippen LogP contribution is 2.25. The SMILES string of the molecule is CNc1ccc(/C=C\C(=O)c2ccc(NC(=O)NC(C)C)cc2)cc1[N+](=O)[O-]. The maximum absolute atomic E-state index is 12.3. The minimum Gasteiger partial charge on any atom is -0.383 e. The van der Waals surface area contributed by atoms with Gasteiger partial charge in [0.15, 0.2) is 5.78 Å². The number of anilines is 2. The molecule has 2 aromatic carbocycles. The van der Waals surface area contributed by atoms with Crippen LogP contribution in [0, 0.1) is 10.1 Å². The molecule has 0 unspecified atom stereocenters. The fourth-order valence-electron chi connectivity index (χ4n) is 2.43. The summed E-state index contributed by atoms with van der Waals surface area (Å²) in [5, 5.41) is 19.2. The summed E-state index contributed by atoms with van der Waals surface area (Å²) in [6, 6.07) is 10.8. The smallest absolute Gasteiger partial charge is 0.319 e. The van der Waals surface area contributed by atoms with Gasteiger partial charge in [-0.1, -0.05) is 12.1 Å². The number of amides is 2. The van der Waals surface area contributed by atoms with Crippen molar-refractivity contribution >= 4 is 35.0 Å². The van der Waals surface area contributed by atoms with Crippen LogP contribution in [0.5, 0.6) is 0 Å². The fraction of sp³-hybridized carbons (Fsp3) is 0.200. The molecule has 8 nitrogen and oxygen atoms in total. The summed E-state index contributed by atoms with van der Waals surface area (Å²) in [6.07, 6.45) is 2.88. The number of nitrogens with zero attached hydrogens (tertiary/aromatic N) is 1. The second-order valence-electron chi connectivity index (χ2n) is 6.31. The average Bonchev–Trinajstić information content (AvgIpc) is 2.65. The van der Waals surface area contributed by atoms with Crippen LogP contribution in [0.1, 0.15) is 29.8 Å². The molecule has 8 heteroatoms. The Morgan fingerprint density at radius 3 is 2.36 bits per heavy atom. The van der Waals surface area contributed by atoms with Gasteiger partial charge in [0.2, 0.25) is 0 Å². The van der Waals surface area contributed by atoms with E-state index in [0.717, 1.165) is 0 Å². The van der Waals surface area contributed by atoms with Crippen LogP contribution in [0.4, 0.5) is 21.9 Å². The monoisotopic (exact) mass is 382 g/mol. The molecule has 0 atom stereocenters. The Morgan fingerprint density at radius 2 is 1.79 bits per heavy atom. The van der Waals surface area contributed by atoms with Crippen LogP contribution < -0.4 is 16.0 Å². The third kappa shape index (κ3) is 5.66. The van der Waals surface area contributed by atoms with E-state index in [4.69, 9.17) is 0 Å². The summed E-state index contributed by atoms with van der Waals surface area (Å²) in [4.78, 5) is 34.6. The number of allylic oxidation sites excluding steroid dienone is 1. The highest BCUT2D eigenvalue weighted by Gasteiger charge is 2.12. The van der Waals surface area contributed by atoms with Crippen molar-refractivity contribution in [2.75, 3.05) is 17.7 Å². The van der Waals surface area contributed by atoms with Gasteiger partial charge in [-0.25, -0.2) is 4.79 Å². The van der Waals surface area contributed by atoms with Crippen LogP contribution in [0.3, 0.4) is 0 Å². The number of ketones is 1. The predicted molar refractivity (Wildman–Crippen MR) is 110 cm³/mol. The largest absolute Gasteiger partial charge is 0.383 e. The van der Waals surface area contributed by atoms with Crippen molar-refractivity contribution < 1.29 is 14.5 Å². The number of nitro benzene ring substituents is 1. The zero-order valence-corrected chi connectivity index (χ0v) is 15.9. The molecule has 0 heterocycles. The number of carbonyl (C=O) groups excluding carboxylic acids is 2. The molecular formula is C20H22N4O4. The molecule has 0 aliphatic heterocycles. The maximum atomic E-state index is 12.3. The van der Waals surface area contributed by atoms with E-state index in [1.54, 1.807) is 43.4 Å². The Balaban J connectivity index is 2.07. The summed E-state index contributed by atoms with van der Waals surface area (Å²) in [6.45, 7) is 3.71. The Bertz CT molecular complexity index is 905. The van der Waals surface area contributed by atoms with E-state index in [1.807, 2.05) is 13.8 Å². The van der Waals surface area contributed by atoms with Crippen LogP contribution in [0.25, 0.3) is 6.08 Å². The summed E-state index contributed by atoms with van der Waals surface area (Å²) in [5.41, 5.74) is 1.89. The lowest BCUT2D eigenvalue weighted by atomic mass is 10.1. The molecule has 28 heavy (non-hydrogen) atoms. The number of nitrogens with one attached hydrogen (secondary N) is 3. The molecule has 0 bridgehead atoms. The van der Waals surface area contributed by atoms with E-state index < -0.39 is 4.92 Å². The van der Waals surface area contributed by atoms with E-state index in [9.17, 15) is 19.7 Å². The van der Waals surface area contributed by atoms with Crippen molar-refractivity contribution in [1.29, 1.82) is 0 Å². The Hall–Kier alpha value is -3.68. The first-order chi connectivity index (χ1) is 13.3. The molecule has 3 N–H and O–H groups in total. The van der Waals surface area contributed by atoms with Crippen LogP contribution in [-0.4, -0.2) is 29.8 Å². The Morgan fingerprint density at radius 1 is 1.11 bits per heavy atom. The van der Waals surface area contributed by atoms with Gasteiger partial charge in [0.1, 0.15) is 5.69 Å². The third-order valence-electron chi connectivity index (χ3n) is 3.76. The Labute approximate surface area is 162 Å². The van der Waals surface area contributed by atoms with Crippen molar-refractivity contribution in [2.45, 2.75) is 19.9 Å². The van der Waals surface area contributed by atoms with Crippen LogP contribution in [0.2, 0.25) is 0 Å². The normalized spacial score (nSPS) is 10.7. The summed E-state index contributed by atoms with van der Waals surface area (Å²) in [7, 11) is 1.60. The molecule has 0 saturated heterocycles. The second-order valence-corrected chi connectivity index (χ2v) is 6.31. The minimum absolute atomic E-state index is 0.0176. The topological polar surface area (TPSA) is 113 Å². The van der Waals surface area contributed by atoms with E-state index in [0.29, 0.717) is 22.5 Å². The molecule has 2 rings (SSSR count). The van der Waals surface area contributed by atoms with Gasteiger partial charge in [-0.05, 0) is 55.8 Å².